The van der Waals surface area contributed by atoms with Crippen molar-refractivity contribution < 1.29 is 4.79 Å². The molecule has 0 aliphatic carbocycles. The average molecular weight is 292 g/mol. The van der Waals surface area contributed by atoms with Crippen LogP contribution in [0.2, 0.25) is 5.02 Å². The number of amides is 1. The molecule has 1 aromatic heterocycles. The fraction of sp³-hybridized carbons (Fsp3) is 0.333. The average Bonchev–Trinajstić information content (AvgIpc) is 2.44. The van der Waals surface area contributed by atoms with Crippen LogP contribution < -0.4 is 11.1 Å². The molecule has 1 atom stereocenters. The minimum absolute atomic E-state index is 0.0346. The van der Waals surface area contributed by atoms with Crippen LogP contribution in [0.1, 0.15) is 19.8 Å². The van der Waals surface area contributed by atoms with Gasteiger partial charge >= 0.3 is 0 Å². The maximum absolute atomic E-state index is 12.2. The number of rotatable bonds is 5. The molecule has 1 heterocycles. The molecular weight excluding hydrogens is 274 g/mol. The third kappa shape index (κ3) is 3.46. The summed E-state index contributed by atoms with van der Waals surface area (Å²) in [5, 5.41) is 4.39. The Bertz CT molecular complexity index is 615. The molecule has 20 heavy (non-hydrogen) atoms. The number of aromatic nitrogens is 1. The first-order chi connectivity index (χ1) is 9.61. The predicted molar refractivity (Wildman–Crippen MR) is 82.8 cm³/mol. The van der Waals surface area contributed by atoms with E-state index in [4.69, 9.17) is 17.3 Å². The maximum atomic E-state index is 12.2. The first-order valence-electron chi connectivity index (χ1n) is 6.67. The number of nitrogens with two attached hydrogens (primary N) is 1. The zero-order valence-electron chi connectivity index (χ0n) is 11.4. The lowest BCUT2D eigenvalue weighted by Gasteiger charge is -2.13. The Hall–Kier alpha value is -1.65. The Balaban J connectivity index is 2.23. The van der Waals surface area contributed by atoms with Crippen molar-refractivity contribution in [1.82, 2.24) is 4.98 Å². The van der Waals surface area contributed by atoms with Gasteiger partial charge in [-0.05, 0) is 37.6 Å². The van der Waals surface area contributed by atoms with Gasteiger partial charge in [-0.2, -0.15) is 0 Å². The lowest BCUT2D eigenvalue weighted by atomic mass is 10.0. The summed E-state index contributed by atoms with van der Waals surface area (Å²) < 4.78 is 0. The highest BCUT2D eigenvalue weighted by molar-refractivity contribution is 6.32. The molecule has 2 aromatic rings. The number of halogens is 1. The molecule has 1 unspecified atom stereocenters. The van der Waals surface area contributed by atoms with Crippen LogP contribution >= 0.6 is 11.6 Å². The number of benzene rings is 1. The van der Waals surface area contributed by atoms with Crippen molar-refractivity contribution in [2.24, 2.45) is 11.7 Å². The molecule has 0 fully saturated rings. The van der Waals surface area contributed by atoms with Crippen LogP contribution in [0, 0.1) is 5.92 Å². The first-order valence-corrected chi connectivity index (χ1v) is 7.05. The smallest absolute Gasteiger partial charge is 0.227 e. The summed E-state index contributed by atoms with van der Waals surface area (Å²) in [5.74, 6) is -0.121. The van der Waals surface area contributed by atoms with E-state index in [1.807, 2.05) is 25.1 Å². The van der Waals surface area contributed by atoms with Crippen molar-refractivity contribution in [3.63, 3.8) is 0 Å². The van der Waals surface area contributed by atoms with Gasteiger partial charge in [0.25, 0.3) is 0 Å². The van der Waals surface area contributed by atoms with Gasteiger partial charge in [-0.1, -0.05) is 24.6 Å². The fourth-order valence-electron chi connectivity index (χ4n) is 2.06. The molecule has 0 saturated heterocycles. The summed E-state index contributed by atoms with van der Waals surface area (Å²) in [7, 11) is 0. The molecule has 2 rings (SSSR count). The number of pyridine rings is 1. The highest BCUT2D eigenvalue weighted by Crippen LogP contribution is 2.26. The summed E-state index contributed by atoms with van der Waals surface area (Å²) in [5.41, 5.74) is 6.86. The van der Waals surface area contributed by atoms with Crippen molar-refractivity contribution in [3.8, 4) is 0 Å². The molecule has 0 saturated carbocycles. The van der Waals surface area contributed by atoms with E-state index in [1.54, 1.807) is 12.3 Å². The molecule has 0 aliphatic rings. The van der Waals surface area contributed by atoms with Crippen LogP contribution in [0.3, 0.4) is 0 Å². The Morgan fingerprint density at radius 3 is 3.05 bits per heavy atom. The third-order valence-electron chi connectivity index (χ3n) is 3.22. The second-order valence-electron chi connectivity index (χ2n) is 4.85. The molecule has 1 amide bonds. The van der Waals surface area contributed by atoms with Gasteiger partial charge in [-0.15, -0.1) is 0 Å². The molecule has 0 spiro atoms. The van der Waals surface area contributed by atoms with Crippen LogP contribution in [0.4, 0.5) is 5.69 Å². The first kappa shape index (κ1) is 14.8. The summed E-state index contributed by atoms with van der Waals surface area (Å²) in [6, 6.07) is 7.32. The monoisotopic (exact) mass is 291 g/mol. The van der Waals surface area contributed by atoms with Crippen molar-refractivity contribution in [3.05, 3.63) is 35.5 Å². The van der Waals surface area contributed by atoms with Gasteiger partial charge in [0.05, 0.1) is 11.2 Å². The largest absolute Gasteiger partial charge is 0.330 e. The van der Waals surface area contributed by atoms with Crippen molar-refractivity contribution in [2.75, 3.05) is 11.9 Å². The normalized spacial score (nSPS) is 12.3. The lowest BCUT2D eigenvalue weighted by molar-refractivity contribution is -0.119. The van der Waals surface area contributed by atoms with E-state index in [-0.39, 0.29) is 11.8 Å². The zero-order chi connectivity index (χ0) is 14.5. The van der Waals surface area contributed by atoms with Gasteiger partial charge < -0.3 is 11.1 Å². The second kappa shape index (κ2) is 6.68. The zero-order valence-corrected chi connectivity index (χ0v) is 12.2. The second-order valence-corrected chi connectivity index (χ2v) is 5.29. The summed E-state index contributed by atoms with van der Waals surface area (Å²) in [6.07, 6.45) is 3.31. The molecule has 0 radical (unpaired) electrons. The van der Waals surface area contributed by atoms with Crippen molar-refractivity contribution >= 4 is 34.1 Å². The summed E-state index contributed by atoms with van der Waals surface area (Å²) in [4.78, 5) is 16.5. The number of carbonyl (C=O) groups excluding carboxylic acids is 1. The fourth-order valence-corrected chi connectivity index (χ4v) is 2.29. The Morgan fingerprint density at radius 1 is 1.50 bits per heavy atom. The van der Waals surface area contributed by atoms with E-state index >= 15 is 0 Å². The minimum atomic E-state index is -0.0868. The molecule has 0 bridgehead atoms. The van der Waals surface area contributed by atoms with Crippen LogP contribution in [0.5, 0.6) is 0 Å². The number of nitrogens with zero attached hydrogens (tertiary/aromatic N) is 1. The Labute approximate surface area is 123 Å². The van der Waals surface area contributed by atoms with Gasteiger partial charge in [0, 0.05) is 22.5 Å². The summed E-state index contributed by atoms with van der Waals surface area (Å²) >= 11 is 6.07. The third-order valence-corrected chi connectivity index (χ3v) is 3.43. The minimum Gasteiger partial charge on any atom is -0.330 e. The topological polar surface area (TPSA) is 68.0 Å². The summed E-state index contributed by atoms with van der Waals surface area (Å²) in [6.45, 7) is 2.49. The molecule has 5 heteroatoms. The van der Waals surface area contributed by atoms with Crippen LogP contribution in [0.25, 0.3) is 10.9 Å². The number of carbonyl (C=O) groups is 1. The Kier molecular flexibility index (Phi) is 4.93. The molecular formula is C15H18ClN3O. The predicted octanol–water partition coefficient (Wildman–Crippen LogP) is 3.20. The SMILES string of the molecule is CC(CCCN)C(=O)Nc1cc(Cl)cc2cccnc12. The van der Waals surface area contributed by atoms with Gasteiger partial charge in [0.1, 0.15) is 0 Å². The number of hydrogen-bond acceptors (Lipinski definition) is 3. The maximum Gasteiger partial charge on any atom is 0.227 e. The number of anilines is 1. The molecule has 1 aromatic carbocycles. The van der Waals surface area contributed by atoms with Crippen molar-refractivity contribution in [1.29, 1.82) is 0 Å². The van der Waals surface area contributed by atoms with Gasteiger partial charge in [0.2, 0.25) is 5.91 Å². The lowest BCUT2D eigenvalue weighted by Crippen LogP contribution is -2.21. The molecule has 4 nitrogen and oxygen atoms in total. The quantitative estimate of drug-likeness (QED) is 0.889. The van der Waals surface area contributed by atoms with Crippen LogP contribution in [0.15, 0.2) is 30.5 Å². The number of fused-ring (bicyclic) bond motifs is 1. The molecule has 0 aliphatic heterocycles. The molecule has 3 N–H and O–H groups in total. The van der Waals surface area contributed by atoms with Gasteiger partial charge in [-0.3, -0.25) is 9.78 Å². The van der Waals surface area contributed by atoms with Gasteiger partial charge in [0.15, 0.2) is 0 Å². The van der Waals surface area contributed by atoms with E-state index in [2.05, 4.69) is 10.3 Å². The Morgan fingerprint density at radius 2 is 2.30 bits per heavy atom. The van der Waals surface area contributed by atoms with Gasteiger partial charge in [-0.25, -0.2) is 0 Å². The number of nitrogens with one attached hydrogen (secondary N) is 1. The van der Waals surface area contributed by atoms with Crippen LogP contribution in [-0.2, 0) is 4.79 Å². The van der Waals surface area contributed by atoms with Crippen LogP contribution in [-0.4, -0.2) is 17.4 Å². The van der Waals surface area contributed by atoms with Crippen molar-refractivity contribution in [2.45, 2.75) is 19.8 Å². The number of hydrogen-bond donors (Lipinski definition) is 2. The van der Waals surface area contributed by atoms with E-state index in [0.717, 1.165) is 23.7 Å². The van der Waals surface area contributed by atoms with E-state index in [0.29, 0.717) is 17.3 Å². The molecule has 106 valence electrons. The standard InChI is InChI=1S/C15H18ClN3O/c1-10(4-2-6-17)15(20)19-13-9-12(16)8-11-5-3-7-18-14(11)13/h3,5,7-10H,2,4,6,17H2,1H3,(H,19,20). The van der Waals surface area contributed by atoms with E-state index < -0.39 is 0 Å². The highest BCUT2D eigenvalue weighted by Gasteiger charge is 2.14. The van der Waals surface area contributed by atoms with E-state index in [9.17, 15) is 4.79 Å². The highest BCUT2D eigenvalue weighted by atomic mass is 35.5. The van der Waals surface area contributed by atoms with E-state index in [1.165, 1.54) is 0 Å².